The Hall–Kier alpha value is -2.74. The zero-order valence-electron chi connectivity index (χ0n) is 15.6. The maximum absolute atomic E-state index is 12.4. The van der Waals surface area contributed by atoms with Crippen LogP contribution in [0.5, 0.6) is 0 Å². The second kappa shape index (κ2) is 8.97. The molecule has 2 aromatic rings. The Balaban J connectivity index is 1.77. The number of methoxy groups -OCH3 is 1. The van der Waals surface area contributed by atoms with E-state index in [0.717, 1.165) is 0 Å². The number of aliphatic hydroxyl groups is 1. The van der Waals surface area contributed by atoms with Crippen LogP contribution in [0.2, 0.25) is 0 Å². The summed E-state index contributed by atoms with van der Waals surface area (Å²) in [4.78, 5) is 24.8. The summed E-state index contributed by atoms with van der Waals surface area (Å²) in [5.41, 5.74) is 0.689. The number of esters is 2. The minimum atomic E-state index is -1.42. The molecule has 28 heavy (non-hydrogen) atoms. The number of rotatable bonds is 5. The van der Waals surface area contributed by atoms with Gasteiger partial charge in [0.25, 0.3) is 0 Å². The van der Waals surface area contributed by atoms with E-state index in [2.05, 4.69) is 0 Å². The van der Waals surface area contributed by atoms with Crippen LogP contribution in [0.15, 0.2) is 60.7 Å². The molecule has 1 heterocycles. The quantitative estimate of drug-likeness (QED) is 0.788. The molecular formula is C21H22O7. The van der Waals surface area contributed by atoms with Gasteiger partial charge < -0.3 is 24.1 Å². The van der Waals surface area contributed by atoms with Crippen LogP contribution in [0.25, 0.3) is 0 Å². The van der Waals surface area contributed by atoms with Crippen LogP contribution < -0.4 is 0 Å². The predicted molar refractivity (Wildman–Crippen MR) is 98.6 cm³/mol. The number of benzene rings is 2. The van der Waals surface area contributed by atoms with Crippen LogP contribution in [0, 0.1) is 0 Å². The van der Waals surface area contributed by atoms with Crippen molar-refractivity contribution < 1.29 is 33.6 Å². The van der Waals surface area contributed by atoms with E-state index in [4.69, 9.17) is 18.9 Å². The summed E-state index contributed by atoms with van der Waals surface area (Å²) in [5, 5.41) is 10.3. The first kappa shape index (κ1) is 20.0. The fourth-order valence-corrected chi connectivity index (χ4v) is 3.08. The largest absolute Gasteiger partial charge is 0.453 e. The van der Waals surface area contributed by atoms with Gasteiger partial charge in [-0.25, -0.2) is 9.59 Å². The highest BCUT2D eigenvalue weighted by Crippen LogP contribution is 2.28. The lowest BCUT2D eigenvalue weighted by molar-refractivity contribution is -0.280. The number of ether oxygens (including phenoxy) is 4. The van der Waals surface area contributed by atoms with E-state index < -0.39 is 42.6 Å². The Morgan fingerprint density at radius 2 is 1.29 bits per heavy atom. The van der Waals surface area contributed by atoms with E-state index in [0.29, 0.717) is 11.1 Å². The summed E-state index contributed by atoms with van der Waals surface area (Å²) >= 11 is 0. The third-order valence-electron chi connectivity index (χ3n) is 4.52. The minimum absolute atomic E-state index is 0.320. The van der Waals surface area contributed by atoms with Crippen molar-refractivity contribution in [3.8, 4) is 0 Å². The van der Waals surface area contributed by atoms with Crippen molar-refractivity contribution in [2.45, 2.75) is 37.6 Å². The molecule has 0 bridgehead atoms. The monoisotopic (exact) mass is 386 g/mol. The molecular weight excluding hydrogens is 364 g/mol. The van der Waals surface area contributed by atoms with Crippen molar-refractivity contribution in [1.82, 2.24) is 0 Å². The SMILES string of the molecule is CO[C@@H]1[C@@H](OC(=O)c2ccccc2)[C@H](C)O[C@@H](O)[C@@H]1OC(=O)c1ccccc1. The summed E-state index contributed by atoms with van der Waals surface area (Å²) in [6.07, 6.45) is -5.03. The van der Waals surface area contributed by atoms with Gasteiger partial charge in [0.2, 0.25) is 0 Å². The van der Waals surface area contributed by atoms with E-state index >= 15 is 0 Å². The fraction of sp³-hybridized carbons (Fsp3) is 0.333. The van der Waals surface area contributed by atoms with Crippen molar-refractivity contribution in [3.63, 3.8) is 0 Å². The molecule has 0 amide bonds. The fourth-order valence-electron chi connectivity index (χ4n) is 3.08. The smallest absolute Gasteiger partial charge is 0.338 e. The van der Waals surface area contributed by atoms with Crippen molar-refractivity contribution >= 4 is 11.9 Å². The molecule has 0 aliphatic carbocycles. The lowest BCUT2D eigenvalue weighted by Gasteiger charge is -2.42. The van der Waals surface area contributed by atoms with Gasteiger partial charge >= 0.3 is 11.9 Å². The Bertz CT molecular complexity index is 727. The number of hydrogen-bond acceptors (Lipinski definition) is 7. The van der Waals surface area contributed by atoms with Gasteiger partial charge in [0, 0.05) is 7.11 Å². The van der Waals surface area contributed by atoms with Crippen molar-refractivity contribution in [1.29, 1.82) is 0 Å². The van der Waals surface area contributed by atoms with Crippen LogP contribution in [0.1, 0.15) is 27.6 Å². The molecule has 1 aliphatic heterocycles. The predicted octanol–water partition coefficient (Wildman–Crippen LogP) is 2.19. The summed E-state index contributed by atoms with van der Waals surface area (Å²) in [6.45, 7) is 1.65. The number of aliphatic hydroxyl groups excluding tert-OH is 1. The zero-order chi connectivity index (χ0) is 20.1. The van der Waals surface area contributed by atoms with Gasteiger partial charge in [-0.2, -0.15) is 0 Å². The van der Waals surface area contributed by atoms with Gasteiger partial charge in [-0.15, -0.1) is 0 Å². The molecule has 148 valence electrons. The average molecular weight is 386 g/mol. The van der Waals surface area contributed by atoms with Crippen LogP contribution in [-0.4, -0.2) is 54.9 Å². The van der Waals surface area contributed by atoms with Crippen molar-refractivity contribution in [2.75, 3.05) is 7.11 Å². The second-order valence-electron chi connectivity index (χ2n) is 6.40. The molecule has 1 aliphatic rings. The highest BCUT2D eigenvalue weighted by Gasteiger charge is 2.48. The molecule has 1 fully saturated rings. The van der Waals surface area contributed by atoms with Crippen LogP contribution in [0.3, 0.4) is 0 Å². The van der Waals surface area contributed by atoms with E-state index in [1.165, 1.54) is 7.11 Å². The number of hydrogen-bond donors (Lipinski definition) is 1. The molecule has 1 N–H and O–H groups in total. The maximum Gasteiger partial charge on any atom is 0.338 e. The molecule has 7 nitrogen and oxygen atoms in total. The molecule has 0 aromatic heterocycles. The molecule has 0 unspecified atom stereocenters. The molecule has 5 atom stereocenters. The molecule has 0 saturated carbocycles. The zero-order valence-corrected chi connectivity index (χ0v) is 15.6. The summed E-state index contributed by atoms with van der Waals surface area (Å²) < 4.78 is 21.9. The Labute approximate surface area is 162 Å². The van der Waals surface area contributed by atoms with Gasteiger partial charge in [0.05, 0.1) is 17.2 Å². The van der Waals surface area contributed by atoms with Gasteiger partial charge in [0.1, 0.15) is 6.10 Å². The molecule has 0 radical (unpaired) electrons. The Kier molecular flexibility index (Phi) is 6.41. The molecule has 0 spiro atoms. The molecule has 3 rings (SSSR count). The van der Waals surface area contributed by atoms with Gasteiger partial charge in [-0.1, -0.05) is 36.4 Å². The second-order valence-corrected chi connectivity index (χ2v) is 6.40. The topological polar surface area (TPSA) is 91.3 Å². The minimum Gasteiger partial charge on any atom is -0.453 e. The summed E-state index contributed by atoms with van der Waals surface area (Å²) in [5.74, 6) is -1.20. The first-order chi connectivity index (χ1) is 13.5. The van der Waals surface area contributed by atoms with E-state index in [1.807, 2.05) is 0 Å². The first-order valence-corrected chi connectivity index (χ1v) is 8.89. The molecule has 7 heteroatoms. The van der Waals surface area contributed by atoms with Crippen molar-refractivity contribution in [3.05, 3.63) is 71.8 Å². The van der Waals surface area contributed by atoms with Gasteiger partial charge in [0.15, 0.2) is 18.5 Å². The van der Waals surface area contributed by atoms with Gasteiger partial charge in [-0.3, -0.25) is 0 Å². The highest BCUT2D eigenvalue weighted by molar-refractivity contribution is 5.90. The standard InChI is InChI=1S/C21H22O7/c1-13-16(27-19(22)14-9-5-3-6-10-14)17(25-2)18(21(24)26-13)28-20(23)15-11-7-4-8-12-15/h3-13,16-18,21,24H,1-2H3/t13-,16-,17+,18+,21+/m0/s1. The summed E-state index contributed by atoms with van der Waals surface area (Å²) in [6, 6.07) is 16.8. The highest BCUT2D eigenvalue weighted by atomic mass is 16.7. The van der Waals surface area contributed by atoms with E-state index in [-0.39, 0.29) is 0 Å². The van der Waals surface area contributed by atoms with Crippen molar-refractivity contribution in [2.24, 2.45) is 0 Å². The number of carbonyl (C=O) groups excluding carboxylic acids is 2. The molecule has 2 aromatic carbocycles. The molecule has 1 saturated heterocycles. The van der Waals surface area contributed by atoms with E-state index in [9.17, 15) is 14.7 Å². The third-order valence-corrected chi connectivity index (χ3v) is 4.52. The summed E-state index contributed by atoms with van der Waals surface area (Å²) in [7, 11) is 1.39. The van der Waals surface area contributed by atoms with Crippen LogP contribution in [0.4, 0.5) is 0 Å². The lowest BCUT2D eigenvalue weighted by Crippen LogP contribution is -2.60. The van der Waals surface area contributed by atoms with Gasteiger partial charge in [-0.05, 0) is 31.2 Å². The van der Waals surface area contributed by atoms with Crippen LogP contribution >= 0.6 is 0 Å². The Morgan fingerprint density at radius 1 is 0.821 bits per heavy atom. The maximum atomic E-state index is 12.4. The average Bonchev–Trinajstić information content (AvgIpc) is 2.72. The normalized spacial score (nSPS) is 27.0. The number of carbonyl (C=O) groups is 2. The first-order valence-electron chi connectivity index (χ1n) is 8.89. The lowest BCUT2D eigenvalue weighted by atomic mass is 9.99. The Morgan fingerprint density at radius 3 is 1.75 bits per heavy atom. The third kappa shape index (κ3) is 4.39. The van der Waals surface area contributed by atoms with Crippen LogP contribution in [-0.2, 0) is 18.9 Å². The van der Waals surface area contributed by atoms with E-state index in [1.54, 1.807) is 67.6 Å².